The zero-order chi connectivity index (χ0) is 15.5. The maximum absolute atomic E-state index is 6.15. The SMILES string of the molecule is c1cncc(CN2CC[C@]3(C[C@@H](Oc4cccnc4)CO3)C2)c1. The van der Waals surface area contributed by atoms with Crippen LogP contribution in [-0.2, 0) is 11.3 Å². The summed E-state index contributed by atoms with van der Waals surface area (Å²) >= 11 is 0. The first-order chi connectivity index (χ1) is 11.3. The van der Waals surface area contributed by atoms with E-state index in [-0.39, 0.29) is 11.7 Å². The molecule has 0 amide bonds. The van der Waals surface area contributed by atoms with Gasteiger partial charge in [-0.3, -0.25) is 14.9 Å². The summed E-state index contributed by atoms with van der Waals surface area (Å²) in [5.41, 5.74) is 1.21. The fourth-order valence-corrected chi connectivity index (χ4v) is 3.58. The number of hydrogen-bond donors (Lipinski definition) is 0. The van der Waals surface area contributed by atoms with E-state index in [0.29, 0.717) is 6.61 Å². The van der Waals surface area contributed by atoms with E-state index in [2.05, 4.69) is 20.9 Å². The molecule has 1 spiro atoms. The molecular weight excluding hydrogens is 290 g/mol. The normalized spacial score (nSPS) is 27.6. The minimum Gasteiger partial charge on any atom is -0.486 e. The van der Waals surface area contributed by atoms with Crippen molar-refractivity contribution in [3.05, 3.63) is 54.6 Å². The summed E-state index contributed by atoms with van der Waals surface area (Å²) in [4.78, 5) is 10.7. The summed E-state index contributed by atoms with van der Waals surface area (Å²) in [7, 11) is 0. The Morgan fingerprint density at radius 2 is 2.09 bits per heavy atom. The van der Waals surface area contributed by atoms with Gasteiger partial charge in [0.25, 0.3) is 0 Å². The average molecular weight is 311 g/mol. The molecule has 0 saturated carbocycles. The quantitative estimate of drug-likeness (QED) is 0.867. The maximum Gasteiger partial charge on any atom is 0.138 e. The van der Waals surface area contributed by atoms with Crippen molar-refractivity contribution >= 4 is 0 Å². The molecule has 23 heavy (non-hydrogen) atoms. The van der Waals surface area contributed by atoms with E-state index in [0.717, 1.165) is 38.2 Å². The lowest BCUT2D eigenvalue weighted by molar-refractivity contribution is 0.00933. The summed E-state index contributed by atoms with van der Waals surface area (Å²) in [5.74, 6) is 0.823. The van der Waals surface area contributed by atoms with E-state index >= 15 is 0 Å². The first-order valence-corrected chi connectivity index (χ1v) is 8.13. The summed E-state index contributed by atoms with van der Waals surface area (Å²) in [6.07, 6.45) is 9.41. The van der Waals surface area contributed by atoms with Crippen LogP contribution in [0, 0.1) is 0 Å². The molecule has 5 nitrogen and oxygen atoms in total. The Labute approximate surface area is 136 Å². The molecule has 0 radical (unpaired) electrons. The molecule has 2 atom stereocenters. The summed E-state index contributed by atoms with van der Waals surface area (Å²) in [5, 5.41) is 0. The molecule has 4 rings (SSSR count). The van der Waals surface area contributed by atoms with E-state index < -0.39 is 0 Å². The van der Waals surface area contributed by atoms with Gasteiger partial charge < -0.3 is 9.47 Å². The highest BCUT2D eigenvalue weighted by atomic mass is 16.6. The van der Waals surface area contributed by atoms with Crippen molar-refractivity contribution in [2.45, 2.75) is 31.1 Å². The predicted octanol–water partition coefficient (Wildman–Crippen LogP) is 2.29. The number of hydrogen-bond acceptors (Lipinski definition) is 5. The van der Waals surface area contributed by atoms with Gasteiger partial charge in [0.2, 0.25) is 0 Å². The molecule has 2 aliphatic heterocycles. The molecule has 0 bridgehead atoms. The highest BCUT2D eigenvalue weighted by Gasteiger charge is 2.46. The molecular formula is C18H21N3O2. The second-order valence-corrected chi connectivity index (χ2v) is 6.45. The van der Waals surface area contributed by atoms with Crippen LogP contribution >= 0.6 is 0 Å². The van der Waals surface area contributed by atoms with Gasteiger partial charge in [0, 0.05) is 44.6 Å². The fraction of sp³-hybridized carbons (Fsp3) is 0.444. The van der Waals surface area contributed by atoms with Gasteiger partial charge in [0.05, 0.1) is 18.4 Å². The van der Waals surface area contributed by atoms with Crippen molar-refractivity contribution in [1.29, 1.82) is 0 Å². The van der Waals surface area contributed by atoms with Crippen LogP contribution in [0.3, 0.4) is 0 Å². The lowest BCUT2D eigenvalue weighted by atomic mass is 9.98. The minimum atomic E-state index is -0.0465. The molecule has 2 fully saturated rings. The third kappa shape index (κ3) is 3.35. The Morgan fingerprint density at radius 3 is 2.87 bits per heavy atom. The molecule has 0 N–H and O–H groups in total. The standard InChI is InChI=1S/C18H21N3O2/c1-3-15(10-19-6-1)12-21-8-5-18(14-21)9-17(13-22-18)23-16-4-2-7-20-11-16/h1-4,6-7,10-11,17H,5,8-9,12-14H2/t17-,18+/m1/s1. The van der Waals surface area contributed by atoms with E-state index in [1.165, 1.54) is 5.56 Å². The Bertz CT molecular complexity index is 578. The molecule has 2 saturated heterocycles. The third-order valence-electron chi connectivity index (χ3n) is 4.64. The third-order valence-corrected chi connectivity index (χ3v) is 4.64. The second-order valence-electron chi connectivity index (χ2n) is 6.45. The monoisotopic (exact) mass is 311 g/mol. The van der Waals surface area contributed by atoms with Gasteiger partial charge >= 0.3 is 0 Å². The van der Waals surface area contributed by atoms with E-state index in [1.807, 2.05) is 30.6 Å². The van der Waals surface area contributed by atoms with Crippen molar-refractivity contribution in [2.75, 3.05) is 19.7 Å². The van der Waals surface area contributed by atoms with Crippen LogP contribution in [0.15, 0.2) is 49.1 Å². The van der Waals surface area contributed by atoms with Crippen LogP contribution in [0.5, 0.6) is 5.75 Å². The van der Waals surface area contributed by atoms with Crippen molar-refractivity contribution < 1.29 is 9.47 Å². The van der Waals surface area contributed by atoms with Crippen molar-refractivity contribution in [2.24, 2.45) is 0 Å². The molecule has 0 aromatic carbocycles. The highest BCUT2D eigenvalue weighted by molar-refractivity contribution is 5.16. The molecule has 0 aliphatic carbocycles. The Hall–Kier alpha value is -1.98. The van der Waals surface area contributed by atoms with Gasteiger partial charge in [-0.2, -0.15) is 0 Å². The number of rotatable bonds is 4. The first-order valence-electron chi connectivity index (χ1n) is 8.13. The zero-order valence-electron chi connectivity index (χ0n) is 13.1. The summed E-state index contributed by atoms with van der Waals surface area (Å²) < 4.78 is 12.2. The Balaban J connectivity index is 1.34. The lowest BCUT2D eigenvalue weighted by Crippen LogP contribution is -2.33. The molecule has 120 valence electrons. The van der Waals surface area contributed by atoms with Gasteiger partial charge in [-0.15, -0.1) is 0 Å². The summed E-state index contributed by atoms with van der Waals surface area (Å²) in [6.45, 7) is 3.63. The number of aromatic nitrogens is 2. The van der Waals surface area contributed by atoms with Crippen LogP contribution in [0.4, 0.5) is 0 Å². The minimum absolute atomic E-state index is 0.0465. The molecule has 5 heteroatoms. The number of ether oxygens (including phenoxy) is 2. The van der Waals surface area contributed by atoms with Gasteiger partial charge in [-0.1, -0.05) is 6.07 Å². The second kappa shape index (κ2) is 6.26. The smallest absolute Gasteiger partial charge is 0.138 e. The zero-order valence-corrected chi connectivity index (χ0v) is 13.1. The topological polar surface area (TPSA) is 47.5 Å². The van der Waals surface area contributed by atoms with Crippen LogP contribution in [-0.4, -0.2) is 46.3 Å². The van der Waals surface area contributed by atoms with E-state index in [4.69, 9.17) is 9.47 Å². The fourth-order valence-electron chi connectivity index (χ4n) is 3.58. The van der Waals surface area contributed by atoms with Gasteiger partial charge in [-0.05, 0) is 30.2 Å². The molecule has 2 aliphatic rings. The van der Waals surface area contributed by atoms with Crippen LogP contribution < -0.4 is 4.74 Å². The molecule has 0 unspecified atom stereocenters. The van der Waals surface area contributed by atoms with Crippen molar-refractivity contribution in [3.63, 3.8) is 0 Å². The highest BCUT2D eigenvalue weighted by Crippen LogP contribution is 2.37. The van der Waals surface area contributed by atoms with E-state index in [9.17, 15) is 0 Å². The van der Waals surface area contributed by atoms with Crippen molar-refractivity contribution in [1.82, 2.24) is 14.9 Å². The number of likely N-dealkylation sites (tertiary alicyclic amines) is 1. The molecule has 2 aromatic rings. The largest absolute Gasteiger partial charge is 0.486 e. The van der Waals surface area contributed by atoms with E-state index in [1.54, 1.807) is 12.4 Å². The Morgan fingerprint density at radius 1 is 1.22 bits per heavy atom. The maximum atomic E-state index is 6.15. The van der Waals surface area contributed by atoms with Gasteiger partial charge in [0.15, 0.2) is 0 Å². The van der Waals surface area contributed by atoms with Crippen molar-refractivity contribution in [3.8, 4) is 5.75 Å². The van der Waals surface area contributed by atoms with Gasteiger partial charge in [0.1, 0.15) is 11.9 Å². The number of nitrogens with zero attached hydrogens (tertiary/aromatic N) is 3. The number of pyridine rings is 2. The van der Waals surface area contributed by atoms with Crippen LogP contribution in [0.2, 0.25) is 0 Å². The van der Waals surface area contributed by atoms with Crippen LogP contribution in [0.1, 0.15) is 18.4 Å². The average Bonchev–Trinajstić information content (AvgIpc) is 3.16. The van der Waals surface area contributed by atoms with Gasteiger partial charge in [-0.25, -0.2) is 0 Å². The molecule has 2 aromatic heterocycles. The van der Waals surface area contributed by atoms with Crippen LogP contribution in [0.25, 0.3) is 0 Å². The predicted molar refractivity (Wildman–Crippen MR) is 86.1 cm³/mol. The Kier molecular flexibility index (Phi) is 3.97. The lowest BCUT2D eigenvalue weighted by Gasteiger charge is -2.23. The summed E-state index contributed by atoms with van der Waals surface area (Å²) in [6, 6.07) is 7.96. The molecule has 4 heterocycles. The first kappa shape index (κ1) is 14.6.